The Morgan fingerprint density at radius 1 is 1.03 bits per heavy atom. The van der Waals surface area contributed by atoms with Crippen LogP contribution in [0.2, 0.25) is 5.02 Å². The van der Waals surface area contributed by atoms with Crippen molar-refractivity contribution in [2.75, 3.05) is 13.7 Å². The Balaban J connectivity index is 1.65. The molecule has 0 spiro atoms. The molecule has 0 saturated carbocycles. The number of benzene rings is 3. The molecule has 3 rings (SSSR count). The summed E-state index contributed by atoms with van der Waals surface area (Å²) in [6, 6.07) is 19.8. The van der Waals surface area contributed by atoms with Gasteiger partial charge in [-0.15, -0.1) is 0 Å². The summed E-state index contributed by atoms with van der Waals surface area (Å²) in [5.41, 5.74) is 4.72. The molecule has 160 valence electrons. The summed E-state index contributed by atoms with van der Waals surface area (Å²) >= 11 is 5.92. The van der Waals surface area contributed by atoms with Crippen molar-refractivity contribution in [2.45, 2.75) is 13.5 Å². The van der Waals surface area contributed by atoms with Crippen molar-refractivity contribution < 1.29 is 19.0 Å². The maximum Gasteiger partial charge on any atom is 0.271 e. The van der Waals surface area contributed by atoms with Gasteiger partial charge in [0.05, 0.1) is 19.9 Å². The van der Waals surface area contributed by atoms with E-state index in [1.807, 2.05) is 49.4 Å². The van der Waals surface area contributed by atoms with E-state index in [0.29, 0.717) is 41.0 Å². The van der Waals surface area contributed by atoms with E-state index in [9.17, 15) is 4.79 Å². The SMILES string of the molecule is CCOc1cc(/C=N/NC(=O)c2cccc(OC)c2)ccc1OCc1ccc(Cl)cc1. The Labute approximate surface area is 186 Å². The van der Waals surface area contributed by atoms with E-state index in [-0.39, 0.29) is 5.91 Å². The van der Waals surface area contributed by atoms with E-state index in [1.54, 1.807) is 37.6 Å². The van der Waals surface area contributed by atoms with Crippen molar-refractivity contribution in [3.8, 4) is 17.2 Å². The van der Waals surface area contributed by atoms with Crippen LogP contribution in [0.1, 0.15) is 28.4 Å². The molecule has 0 atom stereocenters. The highest BCUT2D eigenvalue weighted by molar-refractivity contribution is 6.30. The van der Waals surface area contributed by atoms with Crippen molar-refractivity contribution in [3.05, 3.63) is 88.4 Å². The summed E-state index contributed by atoms with van der Waals surface area (Å²) in [5.74, 6) is 1.49. The van der Waals surface area contributed by atoms with Gasteiger partial charge in [-0.05, 0) is 66.6 Å². The summed E-state index contributed by atoms with van der Waals surface area (Å²) in [6.45, 7) is 2.78. The topological polar surface area (TPSA) is 69.2 Å². The van der Waals surface area contributed by atoms with Crippen LogP contribution in [0.4, 0.5) is 0 Å². The van der Waals surface area contributed by atoms with Crippen LogP contribution in [-0.4, -0.2) is 25.8 Å². The number of methoxy groups -OCH3 is 1. The number of hydrazone groups is 1. The Kier molecular flexibility index (Phi) is 7.90. The maximum atomic E-state index is 12.2. The van der Waals surface area contributed by atoms with E-state index in [1.165, 1.54) is 0 Å². The Bertz CT molecular complexity index is 1050. The number of nitrogens with one attached hydrogen (secondary N) is 1. The van der Waals surface area contributed by atoms with Crippen LogP contribution in [0, 0.1) is 0 Å². The molecule has 0 aliphatic rings. The normalized spacial score (nSPS) is 10.7. The van der Waals surface area contributed by atoms with Crippen LogP contribution in [0.5, 0.6) is 17.2 Å². The van der Waals surface area contributed by atoms with Crippen LogP contribution in [0.15, 0.2) is 71.8 Å². The van der Waals surface area contributed by atoms with Gasteiger partial charge in [0.25, 0.3) is 5.91 Å². The molecule has 1 N–H and O–H groups in total. The first-order valence-electron chi connectivity index (χ1n) is 9.70. The van der Waals surface area contributed by atoms with Gasteiger partial charge >= 0.3 is 0 Å². The van der Waals surface area contributed by atoms with Crippen molar-refractivity contribution in [2.24, 2.45) is 5.10 Å². The lowest BCUT2D eigenvalue weighted by atomic mass is 10.2. The van der Waals surface area contributed by atoms with E-state index in [2.05, 4.69) is 10.5 Å². The van der Waals surface area contributed by atoms with E-state index in [0.717, 1.165) is 11.1 Å². The third-order valence-electron chi connectivity index (χ3n) is 4.29. The van der Waals surface area contributed by atoms with Crippen LogP contribution in [0.25, 0.3) is 0 Å². The number of carbonyl (C=O) groups is 1. The fourth-order valence-electron chi connectivity index (χ4n) is 2.73. The fraction of sp³-hybridized carbons (Fsp3) is 0.167. The molecule has 0 heterocycles. The number of carbonyl (C=O) groups excluding carboxylic acids is 1. The molecule has 7 heteroatoms. The van der Waals surface area contributed by atoms with Gasteiger partial charge in [-0.2, -0.15) is 5.10 Å². The molecule has 0 aromatic heterocycles. The highest BCUT2D eigenvalue weighted by Gasteiger charge is 2.08. The van der Waals surface area contributed by atoms with Crippen LogP contribution < -0.4 is 19.6 Å². The highest BCUT2D eigenvalue weighted by Crippen LogP contribution is 2.29. The summed E-state index contributed by atoms with van der Waals surface area (Å²) in [4.78, 5) is 12.2. The molecule has 0 saturated heterocycles. The molecule has 3 aromatic carbocycles. The zero-order valence-corrected chi connectivity index (χ0v) is 18.1. The van der Waals surface area contributed by atoms with Crippen LogP contribution in [-0.2, 0) is 6.61 Å². The largest absolute Gasteiger partial charge is 0.497 e. The van der Waals surface area contributed by atoms with E-state index < -0.39 is 0 Å². The Hall–Kier alpha value is -3.51. The molecule has 0 aliphatic heterocycles. The highest BCUT2D eigenvalue weighted by atomic mass is 35.5. The first-order chi connectivity index (χ1) is 15.1. The Morgan fingerprint density at radius 2 is 1.84 bits per heavy atom. The first kappa shape index (κ1) is 22.2. The molecular formula is C24H23ClN2O4. The molecule has 0 fully saturated rings. The average molecular weight is 439 g/mol. The summed E-state index contributed by atoms with van der Waals surface area (Å²) < 4.78 is 16.7. The molecular weight excluding hydrogens is 416 g/mol. The number of hydrogen-bond donors (Lipinski definition) is 1. The van der Waals surface area contributed by atoms with Gasteiger partial charge < -0.3 is 14.2 Å². The molecule has 1 amide bonds. The fourth-order valence-corrected chi connectivity index (χ4v) is 2.85. The average Bonchev–Trinajstić information content (AvgIpc) is 2.80. The summed E-state index contributed by atoms with van der Waals surface area (Å²) in [6.07, 6.45) is 1.55. The minimum absolute atomic E-state index is 0.330. The second-order valence-corrected chi connectivity index (χ2v) is 6.92. The quantitative estimate of drug-likeness (QED) is 0.373. The lowest BCUT2D eigenvalue weighted by Gasteiger charge is -2.12. The maximum absolute atomic E-state index is 12.2. The summed E-state index contributed by atoms with van der Waals surface area (Å²) in [5, 5.41) is 4.71. The number of amides is 1. The number of rotatable bonds is 9. The molecule has 0 unspecified atom stereocenters. The second kappa shape index (κ2) is 11.0. The number of ether oxygens (including phenoxy) is 3. The van der Waals surface area contributed by atoms with Gasteiger partial charge in [0.2, 0.25) is 0 Å². The smallest absolute Gasteiger partial charge is 0.271 e. The monoisotopic (exact) mass is 438 g/mol. The molecule has 3 aromatic rings. The van der Waals surface area contributed by atoms with Crippen molar-refractivity contribution >= 4 is 23.7 Å². The minimum Gasteiger partial charge on any atom is -0.497 e. The standard InChI is InChI=1S/C24H23ClN2O4/c1-3-30-23-13-18(9-12-22(23)31-16-17-7-10-20(25)11-8-17)15-26-27-24(28)19-5-4-6-21(14-19)29-2/h4-15H,3,16H2,1-2H3,(H,27,28)/b26-15+. The molecule has 31 heavy (non-hydrogen) atoms. The van der Waals surface area contributed by atoms with E-state index in [4.69, 9.17) is 25.8 Å². The van der Waals surface area contributed by atoms with Crippen molar-refractivity contribution in [3.63, 3.8) is 0 Å². The van der Waals surface area contributed by atoms with Crippen molar-refractivity contribution in [1.82, 2.24) is 5.43 Å². The molecule has 0 aliphatic carbocycles. The number of nitrogens with zero attached hydrogens (tertiary/aromatic N) is 1. The number of hydrogen-bond acceptors (Lipinski definition) is 5. The first-order valence-corrected chi connectivity index (χ1v) is 10.1. The van der Waals surface area contributed by atoms with Gasteiger partial charge in [-0.25, -0.2) is 5.43 Å². The van der Waals surface area contributed by atoms with Gasteiger partial charge in [-0.1, -0.05) is 29.8 Å². The lowest BCUT2D eigenvalue weighted by Crippen LogP contribution is -2.17. The Morgan fingerprint density at radius 3 is 2.58 bits per heavy atom. The van der Waals surface area contributed by atoms with Gasteiger partial charge in [0, 0.05) is 10.6 Å². The van der Waals surface area contributed by atoms with Crippen LogP contribution >= 0.6 is 11.6 Å². The van der Waals surface area contributed by atoms with Gasteiger partial charge in [-0.3, -0.25) is 4.79 Å². The predicted octanol–water partition coefficient (Wildman–Crippen LogP) is 5.09. The summed E-state index contributed by atoms with van der Waals surface area (Å²) in [7, 11) is 1.55. The van der Waals surface area contributed by atoms with Gasteiger partial charge in [0.1, 0.15) is 12.4 Å². The third-order valence-corrected chi connectivity index (χ3v) is 4.54. The lowest BCUT2D eigenvalue weighted by molar-refractivity contribution is 0.0955. The molecule has 6 nitrogen and oxygen atoms in total. The zero-order chi connectivity index (χ0) is 22.1. The van der Waals surface area contributed by atoms with Gasteiger partial charge in [0.15, 0.2) is 11.5 Å². The van der Waals surface area contributed by atoms with E-state index >= 15 is 0 Å². The molecule has 0 bridgehead atoms. The minimum atomic E-state index is -0.330. The van der Waals surface area contributed by atoms with Crippen molar-refractivity contribution in [1.29, 1.82) is 0 Å². The second-order valence-electron chi connectivity index (χ2n) is 6.49. The van der Waals surface area contributed by atoms with Crippen LogP contribution in [0.3, 0.4) is 0 Å². The molecule has 0 radical (unpaired) electrons. The predicted molar refractivity (Wildman–Crippen MR) is 121 cm³/mol. The zero-order valence-electron chi connectivity index (χ0n) is 17.3. The number of halogens is 1. The third kappa shape index (κ3) is 6.49.